The molecule has 4 heteroatoms. The number of amides is 1. The molecule has 1 aliphatic rings. The monoisotopic (exact) mass is 253 g/mol. The van der Waals surface area contributed by atoms with E-state index >= 15 is 0 Å². The molecule has 0 radical (unpaired) electrons. The zero-order valence-electron chi connectivity index (χ0n) is 9.82. The number of hydrogen-bond acceptors (Lipinski definition) is 2. The summed E-state index contributed by atoms with van der Waals surface area (Å²) in [4.78, 5) is 14.0. The molecule has 1 aromatic carbocycles. The number of nitrogens with zero attached hydrogens (tertiary/aromatic N) is 1. The number of halogens is 1. The minimum atomic E-state index is -0.102. The predicted octanol–water partition coefficient (Wildman–Crippen LogP) is 2.54. The summed E-state index contributed by atoms with van der Waals surface area (Å²) < 4.78 is 0. The Morgan fingerprint density at radius 2 is 2.06 bits per heavy atom. The lowest BCUT2D eigenvalue weighted by atomic mass is 10.1. The summed E-state index contributed by atoms with van der Waals surface area (Å²) >= 11 is 6.00. The van der Waals surface area contributed by atoms with E-state index in [4.69, 9.17) is 11.6 Å². The second-order valence-corrected chi connectivity index (χ2v) is 5.10. The first kappa shape index (κ1) is 12.2. The average Bonchev–Trinajstić information content (AvgIpc) is 2.32. The van der Waals surface area contributed by atoms with E-state index in [0.717, 1.165) is 18.4 Å². The number of carbonyl (C=O) groups excluding carboxylic acids is 1. The normalized spacial score (nSPS) is 17.2. The highest BCUT2D eigenvalue weighted by Gasteiger charge is 2.24. The van der Waals surface area contributed by atoms with Gasteiger partial charge in [-0.05, 0) is 31.9 Å². The number of phenols is 1. The van der Waals surface area contributed by atoms with Crippen LogP contribution in [0.4, 0.5) is 0 Å². The van der Waals surface area contributed by atoms with Crippen LogP contribution in [0.25, 0.3) is 0 Å². The minimum Gasteiger partial charge on any atom is -0.507 e. The number of aromatic hydroxyl groups is 1. The number of rotatable bonds is 1. The fraction of sp³-hybridized carbons (Fsp3) is 0.462. The molecule has 0 aromatic heterocycles. The highest BCUT2D eigenvalue weighted by Crippen LogP contribution is 2.23. The molecule has 0 saturated carbocycles. The first-order valence-electron chi connectivity index (χ1n) is 5.81. The van der Waals surface area contributed by atoms with Gasteiger partial charge in [0.15, 0.2) is 0 Å². The average molecular weight is 254 g/mol. The number of likely N-dealkylation sites (tertiary alicyclic amines) is 1. The van der Waals surface area contributed by atoms with Gasteiger partial charge in [-0.3, -0.25) is 4.79 Å². The Hall–Kier alpha value is -1.22. The zero-order chi connectivity index (χ0) is 12.4. The van der Waals surface area contributed by atoms with Gasteiger partial charge in [-0.15, -0.1) is 11.6 Å². The lowest BCUT2D eigenvalue weighted by molar-refractivity contribution is 0.0723. The molecule has 0 aliphatic carbocycles. The second-order valence-electron chi connectivity index (χ2n) is 4.49. The number of alkyl halides is 1. The van der Waals surface area contributed by atoms with E-state index in [2.05, 4.69) is 0 Å². The molecule has 1 aliphatic heterocycles. The van der Waals surface area contributed by atoms with Gasteiger partial charge in [0.1, 0.15) is 5.75 Å². The first-order valence-corrected chi connectivity index (χ1v) is 6.24. The lowest BCUT2D eigenvalue weighted by Gasteiger charge is -2.29. The molecule has 2 rings (SSSR count). The van der Waals surface area contributed by atoms with Crippen molar-refractivity contribution in [2.45, 2.75) is 25.1 Å². The fourth-order valence-corrected chi connectivity index (χ4v) is 2.24. The Balaban J connectivity index is 2.16. The van der Waals surface area contributed by atoms with E-state index in [-0.39, 0.29) is 17.0 Å². The number of carbonyl (C=O) groups is 1. The molecular weight excluding hydrogens is 238 g/mol. The molecule has 1 saturated heterocycles. The van der Waals surface area contributed by atoms with Crippen molar-refractivity contribution in [2.75, 3.05) is 13.1 Å². The van der Waals surface area contributed by atoms with Crippen LogP contribution in [-0.2, 0) is 0 Å². The topological polar surface area (TPSA) is 40.5 Å². The largest absolute Gasteiger partial charge is 0.507 e. The van der Waals surface area contributed by atoms with E-state index in [1.54, 1.807) is 23.1 Å². The van der Waals surface area contributed by atoms with Crippen molar-refractivity contribution in [1.29, 1.82) is 0 Å². The molecule has 92 valence electrons. The summed E-state index contributed by atoms with van der Waals surface area (Å²) in [5.74, 6) is -0.0524. The number of aryl methyl sites for hydroxylation is 1. The fourth-order valence-electron chi connectivity index (χ4n) is 2.04. The van der Waals surface area contributed by atoms with Crippen molar-refractivity contribution in [1.82, 2.24) is 4.90 Å². The summed E-state index contributed by atoms with van der Waals surface area (Å²) in [5.41, 5.74) is 1.36. The summed E-state index contributed by atoms with van der Waals surface area (Å²) in [7, 11) is 0. The smallest absolute Gasteiger partial charge is 0.257 e. The van der Waals surface area contributed by atoms with Crippen molar-refractivity contribution < 1.29 is 9.90 Å². The molecule has 0 spiro atoms. The van der Waals surface area contributed by atoms with Crippen molar-refractivity contribution >= 4 is 17.5 Å². The first-order chi connectivity index (χ1) is 8.08. The molecule has 3 nitrogen and oxygen atoms in total. The Morgan fingerprint density at radius 1 is 1.41 bits per heavy atom. The van der Waals surface area contributed by atoms with Gasteiger partial charge >= 0.3 is 0 Å². The van der Waals surface area contributed by atoms with Crippen LogP contribution in [0.3, 0.4) is 0 Å². The molecule has 1 aromatic rings. The SMILES string of the molecule is Cc1ccc(O)c(C(=O)N2CCC(Cl)CC2)c1. The minimum absolute atomic E-state index is 0.0496. The number of phenolic OH excluding ortho intramolecular Hbond substituents is 1. The molecule has 0 atom stereocenters. The Kier molecular flexibility index (Phi) is 3.57. The Morgan fingerprint density at radius 3 is 2.71 bits per heavy atom. The van der Waals surface area contributed by atoms with Crippen LogP contribution in [0.5, 0.6) is 5.75 Å². The number of piperidine rings is 1. The van der Waals surface area contributed by atoms with Gasteiger partial charge in [0.2, 0.25) is 0 Å². The van der Waals surface area contributed by atoms with Crippen LogP contribution in [0, 0.1) is 6.92 Å². The molecule has 0 bridgehead atoms. The summed E-state index contributed by atoms with van der Waals surface area (Å²) in [5, 5.41) is 9.89. The van der Waals surface area contributed by atoms with Crippen molar-refractivity contribution in [3.63, 3.8) is 0 Å². The maximum absolute atomic E-state index is 12.2. The van der Waals surface area contributed by atoms with E-state index < -0.39 is 0 Å². The number of benzene rings is 1. The predicted molar refractivity (Wildman–Crippen MR) is 67.6 cm³/mol. The van der Waals surface area contributed by atoms with Crippen LogP contribution < -0.4 is 0 Å². The van der Waals surface area contributed by atoms with Gasteiger partial charge in [0.25, 0.3) is 5.91 Å². The molecule has 0 unspecified atom stereocenters. The van der Waals surface area contributed by atoms with Crippen LogP contribution in [0.15, 0.2) is 18.2 Å². The van der Waals surface area contributed by atoms with Crippen molar-refractivity contribution in [3.05, 3.63) is 29.3 Å². The standard InChI is InChI=1S/C13H16ClNO2/c1-9-2-3-12(16)11(8-9)13(17)15-6-4-10(14)5-7-15/h2-3,8,10,16H,4-7H2,1H3. The van der Waals surface area contributed by atoms with Crippen molar-refractivity contribution in [2.24, 2.45) is 0 Å². The third-order valence-electron chi connectivity index (χ3n) is 3.09. The van der Waals surface area contributed by atoms with Gasteiger partial charge < -0.3 is 10.0 Å². The molecular formula is C13H16ClNO2. The Bertz CT molecular complexity index is 425. The maximum Gasteiger partial charge on any atom is 0.257 e. The van der Waals surface area contributed by atoms with Gasteiger partial charge in [-0.1, -0.05) is 11.6 Å². The van der Waals surface area contributed by atoms with E-state index in [1.807, 2.05) is 6.92 Å². The van der Waals surface area contributed by atoms with Gasteiger partial charge in [-0.25, -0.2) is 0 Å². The summed E-state index contributed by atoms with van der Waals surface area (Å²) in [6, 6.07) is 5.08. The van der Waals surface area contributed by atoms with Crippen LogP contribution in [0.2, 0.25) is 0 Å². The lowest BCUT2D eigenvalue weighted by Crippen LogP contribution is -2.38. The maximum atomic E-state index is 12.2. The van der Waals surface area contributed by atoms with Gasteiger partial charge in [0, 0.05) is 18.5 Å². The molecule has 1 amide bonds. The third kappa shape index (κ3) is 2.72. The third-order valence-corrected chi connectivity index (χ3v) is 3.53. The van der Waals surface area contributed by atoms with E-state index in [9.17, 15) is 9.90 Å². The van der Waals surface area contributed by atoms with Crippen molar-refractivity contribution in [3.8, 4) is 5.75 Å². The van der Waals surface area contributed by atoms with Crippen LogP contribution in [-0.4, -0.2) is 34.4 Å². The van der Waals surface area contributed by atoms with Crippen LogP contribution >= 0.6 is 11.6 Å². The highest BCUT2D eigenvalue weighted by molar-refractivity contribution is 6.20. The van der Waals surface area contributed by atoms with E-state index in [1.165, 1.54) is 0 Å². The molecule has 17 heavy (non-hydrogen) atoms. The number of hydrogen-bond donors (Lipinski definition) is 1. The zero-order valence-corrected chi connectivity index (χ0v) is 10.6. The van der Waals surface area contributed by atoms with E-state index in [0.29, 0.717) is 18.7 Å². The molecule has 1 N–H and O–H groups in total. The summed E-state index contributed by atoms with van der Waals surface area (Å²) in [6.45, 7) is 3.24. The second kappa shape index (κ2) is 4.96. The van der Waals surface area contributed by atoms with Gasteiger partial charge in [0.05, 0.1) is 5.56 Å². The quantitative estimate of drug-likeness (QED) is 0.782. The molecule has 1 heterocycles. The Labute approximate surface area is 106 Å². The van der Waals surface area contributed by atoms with Gasteiger partial charge in [-0.2, -0.15) is 0 Å². The van der Waals surface area contributed by atoms with Crippen LogP contribution in [0.1, 0.15) is 28.8 Å². The molecule has 1 fully saturated rings. The summed E-state index contributed by atoms with van der Waals surface area (Å²) in [6.07, 6.45) is 1.64. The highest BCUT2D eigenvalue weighted by atomic mass is 35.5.